The summed E-state index contributed by atoms with van der Waals surface area (Å²) in [5, 5.41) is 3.24. The molecule has 0 atom stereocenters. The molecule has 2 rings (SSSR count). The van der Waals surface area contributed by atoms with E-state index in [1.54, 1.807) is 16.8 Å². The highest BCUT2D eigenvalue weighted by atomic mass is 16.1. The van der Waals surface area contributed by atoms with E-state index in [4.69, 9.17) is 5.73 Å². The van der Waals surface area contributed by atoms with Crippen molar-refractivity contribution in [1.82, 2.24) is 9.88 Å². The lowest BCUT2D eigenvalue weighted by molar-refractivity contribution is 0.1000. The Kier molecular flexibility index (Phi) is 3.05. The maximum Gasteiger partial charge on any atom is 0.251 e. The summed E-state index contributed by atoms with van der Waals surface area (Å²) in [4.78, 5) is 22.7. The zero-order valence-electron chi connectivity index (χ0n) is 8.98. The Morgan fingerprint density at radius 1 is 1.44 bits per heavy atom. The van der Waals surface area contributed by atoms with Gasteiger partial charge in [0.2, 0.25) is 5.91 Å². The second kappa shape index (κ2) is 4.49. The van der Waals surface area contributed by atoms with E-state index >= 15 is 0 Å². The van der Waals surface area contributed by atoms with E-state index in [1.165, 1.54) is 6.07 Å². The predicted octanol–water partition coefficient (Wildman–Crippen LogP) is -0.128. The van der Waals surface area contributed by atoms with Gasteiger partial charge in [-0.2, -0.15) is 0 Å². The lowest BCUT2D eigenvalue weighted by atomic mass is 10.1. The first kappa shape index (κ1) is 10.9. The summed E-state index contributed by atoms with van der Waals surface area (Å²) in [6.07, 6.45) is 3.55. The van der Waals surface area contributed by atoms with Crippen LogP contribution in [-0.2, 0) is 0 Å². The van der Waals surface area contributed by atoms with Gasteiger partial charge < -0.3 is 15.6 Å². The summed E-state index contributed by atoms with van der Waals surface area (Å²) < 4.78 is 1.69. The molecule has 16 heavy (non-hydrogen) atoms. The van der Waals surface area contributed by atoms with Crippen molar-refractivity contribution in [2.24, 2.45) is 5.73 Å². The van der Waals surface area contributed by atoms with Gasteiger partial charge in [-0.3, -0.25) is 9.59 Å². The number of carbonyl (C=O) groups excluding carboxylic acids is 1. The van der Waals surface area contributed by atoms with E-state index in [1.807, 2.05) is 0 Å². The molecule has 5 heteroatoms. The Bertz CT molecular complexity index is 447. The van der Waals surface area contributed by atoms with Crippen LogP contribution in [0.3, 0.4) is 0 Å². The first-order valence-electron chi connectivity index (χ1n) is 5.41. The van der Waals surface area contributed by atoms with Crippen molar-refractivity contribution < 1.29 is 4.79 Å². The van der Waals surface area contributed by atoms with Gasteiger partial charge >= 0.3 is 0 Å². The number of primary amides is 1. The highest BCUT2D eigenvalue weighted by molar-refractivity contribution is 5.92. The maximum absolute atomic E-state index is 11.8. The van der Waals surface area contributed by atoms with Crippen LogP contribution in [0.15, 0.2) is 23.1 Å². The minimum absolute atomic E-state index is 0.150. The first-order valence-corrected chi connectivity index (χ1v) is 5.41. The fourth-order valence-corrected chi connectivity index (χ4v) is 2.03. The van der Waals surface area contributed by atoms with Crippen LogP contribution in [-0.4, -0.2) is 23.6 Å². The van der Waals surface area contributed by atoms with Crippen LogP contribution in [0.4, 0.5) is 0 Å². The minimum atomic E-state index is -0.561. The van der Waals surface area contributed by atoms with Crippen molar-refractivity contribution in [3.8, 4) is 0 Å². The van der Waals surface area contributed by atoms with E-state index in [2.05, 4.69) is 5.32 Å². The molecular formula is C11H15N3O2. The molecule has 1 fully saturated rings. The van der Waals surface area contributed by atoms with Crippen molar-refractivity contribution in [2.45, 2.75) is 18.9 Å². The smallest absolute Gasteiger partial charge is 0.251 e. The molecule has 2 heterocycles. The summed E-state index contributed by atoms with van der Waals surface area (Å²) >= 11 is 0. The van der Waals surface area contributed by atoms with Gasteiger partial charge in [0.05, 0.1) is 0 Å². The van der Waals surface area contributed by atoms with Gasteiger partial charge in [-0.15, -0.1) is 0 Å². The summed E-state index contributed by atoms with van der Waals surface area (Å²) in [6, 6.07) is 3.14. The molecule has 0 aliphatic carbocycles. The summed E-state index contributed by atoms with van der Waals surface area (Å²) in [5.41, 5.74) is 5.24. The zero-order chi connectivity index (χ0) is 11.5. The van der Waals surface area contributed by atoms with Crippen molar-refractivity contribution in [3.63, 3.8) is 0 Å². The Labute approximate surface area is 93.3 Å². The van der Waals surface area contributed by atoms with Gasteiger partial charge in [-0.05, 0) is 32.0 Å². The number of hydrogen-bond donors (Lipinski definition) is 2. The van der Waals surface area contributed by atoms with Gasteiger partial charge in [0.25, 0.3) is 5.56 Å². The fourth-order valence-electron chi connectivity index (χ4n) is 2.03. The Balaban J connectivity index is 2.28. The van der Waals surface area contributed by atoms with Crippen molar-refractivity contribution in [3.05, 3.63) is 34.2 Å². The van der Waals surface area contributed by atoms with Crippen LogP contribution in [0.2, 0.25) is 0 Å². The lowest BCUT2D eigenvalue weighted by Gasteiger charge is -2.24. The van der Waals surface area contributed by atoms with Crippen LogP contribution < -0.4 is 16.6 Å². The SMILES string of the molecule is NC(=O)c1ccn(C2CCNCC2)c(=O)c1. The van der Waals surface area contributed by atoms with Gasteiger partial charge in [-0.1, -0.05) is 0 Å². The molecule has 0 aromatic carbocycles. The molecule has 1 aromatic rings. The number of carbonyl (C=O) groups is 1. The van der Waals surface area contributed by atoms with E-state index < -0.39 is 5.91 Å². The van der Waals surface area contributed by atoms with Crippen LogP contribution in [0.5, 0.6) is 0 Å². The molecule has 0 saturated carbocycles. The maximum atomic E-state index is 11.8. The second-order valence-corrected chi connectivity index (χ2v) is 4.01. The number of pyridine rings is 1. The van der Waals surface area contributed by atoms with Crippen LogP contribution in [0, 0.1) is 0 Å². The lowest BCUT2D eigenvalue weighted by Crippen LogP contribution is -2.34. The number of piperidine rings is 1. The molecule has 0 radical (unpaired) electrons. The molecule has 1 amide bonds. The molecule has 1 saturated heterocycles. The number of rotatable bonds is 2. The van der Waals surface area contributed by atoms with Crippen molar-refractivity contribution >= 4 is 5.91 Å². The molecule has 0 spiro atoms. The highest BCUT2D eigenvalue weighted by Gasteiger charge is 2.16. The topological polar surface area (TPSA) is 77.1 Å². The molecule has 0 unspecified atom stereocenters. The zero-order valence-corrected chi connectivity index (χ0v) is 8.98. The van der Waals surface area contributed by atoms with Gasteiger partial charge in [0.1, 0.15) is 0 Å². The number of hydrogen-bond acceptors (Lipinski definition) is 3. The first-order chi connectivity index (χ1) is 7.68. The van der Waals surface area contributed by atoms with E-state index in [-0.39, 0.29) is 17.2 Å². The van der Waals surface area contributed by atoms with Crippen molar-refractivity contribution in [1.29, 1.82) is 0 Å². The molecule has 3 N–H and O–H groups in total. The average molecular weight is 221 g/mol. The molecule has 1 aliphatic rings. The van der Waals surface area contributed by atoms with Crippen LogP contribution >= 0.6 is 0 Å². The third-order valence-electron chi connectivity index (χ3n) is 2.93. The van der Waals surface area contributed by atoms with Crippen molar-refractivity contribution in [2.75, 3.05) is 13.1 Å². The second-order valence-electron chi connectivity index (χ2n) is 4.01. The summed E-state index contributed by atoms with van der Waals surface area (Å²) in [6.45, 7) is 1.85. The fraction of sp³-hybridized carbons (Fsp3) is 0.455. The molecule has 86 valence electrons. The Hall–Kier alpha value is -1.62. The third-order valence-corrected chi connectivity index (χ3v) is 2.93. The van der Waals surface area contributed by atoms with E-state index in [0.29, 0.717) is 0 Å². The number of nitrogens with two attached hydrogens (primary N) is 1. The van der Waals surface area contributed by atoms with Crippen LogP contribution in [0.1, 0.15) is 29.2 Å². The highest BCUT2D eigenvalue weighted by Crippen LogP contribution is 2.15. The summed E-state index contributed by atoms with van der Waals surface area (Å²) in [5.74, 6) is -0.561. The van der Waals surface area contributed by atoms with E-state index in [0.717, 1.165) is 25.9 Å². The van der Waals surface area contributed by atoms with Crippen LogP contribution in [0.25, 0.3) is 0 Å². The molecule has 5 nitrogen and oxygen atoms in total. The van der Waals surface area contributed by atoms with E-state index in [9.17, 15) is 9.59 Å². The number of nitrogens with one attached hydrogen (secondary N) is 1. The minimum Gasteiger partial charge on any atom is -0.366 e. The van der Waals surface area contributed by atoms with Gasteiger partial charge in [0.15, 0.2) is 0 Å². The normalized spacial score (nSPS) is 17.2. The third kappa shape index (κ3) is 2.14. The predicted molar refractivity (Wildman–Crippen MR) is 60.4 cm³/mol. The Morgan fingerprint density at radius 2 is 2.12 bits per heavy atom. The molecule has 0 bridgehead atoms. The largest absolute Gasteiger partial charge is 0.366 e. The Morgan fingerprint density at radius 3 is 2.69 bits per heavy atom. The average Bonchev–Trinajstić information content (AvgIpc) is 2.30. The monoisotopic (exact) mass is 221 g/mol. The molecular weight excluding hydrogens is 206 g/mol. The summed E-state index contributed by atoms with van der Waals surface area (Å²) in [7, 11) is 0. The number of nitrogens with zero attached hydrogens (tertiary/aromatic N) is 1. The number of amides is 1. The number of aromatic nitrogens is 1. The molecule has 1 aliphatic heterocycles. The quantitative estimate of drug-likeness (QED) is 0.730. The van der Waals surface area contributed by atoms with Gasteiger partial charge in [0, 0.05) is 23.9 Å². The van der Waals surface area contributed by atoms with Gasteiger partial charge in [-0.25, -0.2) is 0 Å². The standard InChI is InChI=1S/C11H15N3O2/c12-11(16)8-3-6-14(10(15)7-8)9-1-4-13-5-2-9/h3,6-7,9,13H,1-2,4-5H2,(H2,12,16). The molecule has 1 aromatic heterocycles.